The van der Waals surface area contributed by atoms with Crippen LogP contribution in [0.15, 0.2) is 51.5 Å². The molecule has 0 spiro atoms. The van der Waals surface area contributed by atoms with E-state index >= 15 is 0 Å². The van der Waals surface area contributed by atoms with Crippen molar-refractivity contribution < 1.29 is 13.6 Å². The van der Waals surface area contributed by atoms with Gasteiger partial charge in [0.15, 0.2) is 0 Å². The number of hydrogen-bond acceptors (Lipinski definition) is 4. The highest BCUT2D eigenvalue weighted by Gasteiger charge is 2.12. The van der Waals surface area contributed by atoms with Crippen LogP contribution in [0.4, 0.5) is 0 Å². The number of hydrogen-bond donors (Lipinski definition) is 1. The minimum atomic E-state index is 0.369. The van der Waals surface area contributed by atoms with Crippen molar-refractivity contribution in [2.24, 2.45) is 5.73 Å². The van der Waals surface area contributed by atoms with Gasteiger partial charge in [0.05, 0.1) is 19.4 Å². The average Bonchev–Trinajstić information content (AvgIpc) is 3.06. The predicted octanol–water partition coefficient (Wildman–Crippen LogP) is 3.20. The maximum absolute atomic E-state index is 5.71. The van der Waals surface area contributed by atoms with Crippen LogP contribution < -0.4 is 5.73 Å². The zero-order chi connectivity index (χ0) is 13.1. The van der Waals surface area contributed by atoms with Gasteiger partial charge in [-0.3, -0.25) is 0 Å². The van der Waals surface area contributed by atoms with E-state index in [1.807, 2.05) is 36.4 Å². The van der Waals surface area contributed by atoms with Crippen molar-refractivity contribution in [2.45, 2.75) is 19.8 Å². The van der Waals surface area contributed by atoms with E-state index in [-0.39, 0.29) is 0 Å². The Bertz CT molecular complexity index is 655. The molecule has 0 aliphatic carbocycles. The van der Waals surface area contributed by atoms with Crippen molar-refractivity contribution in [2.75, 3.05) is 0 Å². The summed E-state index contributed by atoms with van der Waals surface area (Å²) in [6.45, 7) is 1.27. The molecule has 19 heavy (non-hydrogen) atoms. The quantitative estimate of drug-likeness (QED) is 0.762. The molecule has 0 aliphatic rings. The standard InChI is InChI=1S/C15H15NO3/c16-8-15-13(10-17-9-11-4-3-7-18-11)12-5-1-2-6-14(12)19-15/h1-7H,8-10,16H2. The van der Waals surface area contributed by atoms with Gasteiger partial charge in [0.1, 0.15) is 23.7 Å². The first-order valence-electron chi connectivity index (χ1n) is 6.18. The maximum atomic E-state index is 5.71. The predicted molar refractivity (Wildman–Crippen MR) is 71.3 cm³/mol. The lowest BCUT2D eigenvalue weighted by molar-refractivity contribution is 0.0925. The zero-order valence-electron chi connectivity index (χ0n) is 10.5. The molecule has 2 heterocycles. The maximum Gasteiger partial charge on any atom is 0.134 e. The Labute approximate surface area is 110 Å². The van der Waals surface area contributed by atoms with Gasteiger partial charge in [-0.25, -0.2) is 0 Å². The molecule has 4 heteroatoms. The van der Waals surface area contributed by atoms with E-state index in [1.54, 1.807) is 6.26 Å². The number of fused-ring (bicyclic) bond motifs is 1. The highest BCUT2D eigenvalue weighted by molar-refractivity contribution is 5.82. The number of benzene rings is 1. The molecular formula is C15H15NO3. The average molecular weight is 257 g/mol. The van der Waals surface area contributed by atoms with Crippen molar-refractivity contribution in [1.29, 1.82) is 0 Å². The Morgan fingerprint density at radius 1 is 1.05 bits per heavy atom. The second-order valence-corrected chi connectivity index (χ2v) is 4.28. The van der Waals surface area contributed by atoms with E-state index in [4.69, 9.17) is 19.3 Å². The van der Waals surface area contributed by atoms with E-state index in [0.717, 1.165) is 28.1 Å². The highest BCUT2D eigenvalue weighted by Crippen LogP contribution is 2.26. The fourth-order valence-electron chi connectivity index (χ4n) is 2.12. The highest BCUT2D eigenvalue weighted by atomic mass is 16.5. The van der Waals surface area contributed by atoms with Gasteiger partial charge < -0.3 is 19.3 Å². The number of rotatable bonds is 5. The lowest BCUT2D eigenvalue weighted by Gasteiger charge is -2.02. The number of para-hydroxylation sites is 1. The van der Waals surface area contributed by atoms with Gasteiger partial charge in [0.2, 0.25) is 0 Å². The second kappa shape index (κ2) is 5.30. The van der Waals surface area contributed by atoms with Crippen molar-refractivity contribution in [3.8, 4) is 0 Å². The van der Waals surface area contributed by atoms with Gasteiger partial charge in [-0.15, -0.1) is 0 Å². The van der Waals surface area contributed by atoms with Gasteiger partial charge in [0, 0.05) is 10.9 Å². The summed E-state index contributed by atoms with van der Waals surface area (Å²) in [5.74, 6) is 1.59. The van der Waals surface area contributed by atoms with Crippen LogP contribution in [0.2, 0.25) is 0 Å². The third kappa shape index (κ3) is 2.41. The molecule has 0 bridgehead atoms. The van der Waals surface area contributed by atoms with Crippen molar-refractivity contribution in [3.63, 3.8) is 0 Å². The zero-order valence-corrected chi connectivity index (χ0v) is 10.5. The van der Waals surface area contributed by atoms with Crippen LogP contribution in [0.3, 0.4) is 0 Å². The Morgan fingerprint density at radius 3 is 2.74 bits per heavy atom. The summed E-state index contributed by atoms with van der Waals surface area (Å²) in [6, 6.07) is 11.6. The molecule has 0 radical (unpaired) electrons. The monoisotopic (exact) mass is 257 g/mol. The van der Waals surface area contributed by atoms with Crippen LogP contribution in [0, 0.1) is 0 Å². The van der Waals surface area contributed by atoms with Crippen molar-refractivity contribution >= 4 is 11.0 Å². The van der Waals surface area contributed by atoms with Crippen LogP contribution >= 0.6 is 0 Å². The van der Waals surface area contributed by atoms with Gasteiger partial charge in [0.25, 0.3) is 0 Å². The summed E-state index contributed by atoms with van der Waals surface area (Å²) < 4.78 is 16.6. The fourth-order valence-corrected chi connectivity index (χ4v) is 2.12. The van der Waals surface area contributed by atoms with Crippen LogP contribution in [-0.4, -0.2) is 0 Å². The molecule has 2 N–H and O–H groups in total. The minimum Gasteiger partial charge on any atom is -0.467 e. The third-order valence-corrected chi connectivity index (χ3v) is 3.04. The van der Waals surface area contributed by atoms with Gasteiger partial charge >= 0.3 is 0 Å². The Kier molecular flexibility index (Phi) is 3.35. The molecule has 4 nitrogen and oxygen atoms in total. The summed E-state index contributed by atoms with van der Waals surface area (Å²) in [5, 5.41) is 1.06. The molecule has 0 fully saturated rings. The minimum absolute atomic E-state index is 0.369. The first kappa shape index (κ1) is 12.0. The van der Waals surface area contributed by atoms with Crippen LogP contribution in [0.25, 0.3) is 11.0 Å². The Morgan fingerprint density at radius 2 is 1.95 bits per heavy atom. The molecule has 3 rings (SSSR count). The van der Waals surface area contributed by atoms with Crippen molar-refractivity contribution in [1.82, 2.24) is 0 Å². The van der Waals surface area contributed by atoms with Crippen LogP contribution in [0.1, 0.15) is 17.1 Å². The summed E-state index contributed by atoms with van der Waals surface area (Å²) in [4.78, 5) is 0. The summed E-state index contributed by atoms with van der Waals surface area (Å²) >= 11 is 0. The normalized spacial score (nSPS) is 11.2. The van der Waals surface area contributed by atoms with E-state index < -0.39 is 0 Å². The molecule has 3 aromatic rings. The smallest absolute Gasteiger partial charge is 0.134 e. The molecular weight excluding hydrogens is 242 g/mol. The Balaban J connectivity index is 1.79. The number of furan rings is 2. The van der Waals surface area contributed by atoms with E-state index in [1.165, 1.54) is 0 Å². The molecule has 0 atom stereocenters. The van der Waals surface area contributed by atoms with Gasteiger partial charge in [-0.2, -0.15) is 0 Å². The SMILES string of the molecule is NCc1oc2ccccc2c1COCc1ccco1. The number of nitrogens with two attached hydrogens (primary N) is 1. The topological polar surface area (TPSA) is 61.5 Å². The molecule has 0 saturated heterocycles. The summed E-state index contributed by atoms with van der Waals surface area (Å²) in [6.07, 6.45) is 1.64. The molecule has 1 aromatic carbocycles. The van der Waals surface area contributed by atoms with E-state index in [9.17, 15) is 0 Å². The van der Waals surface area contributed by atoms with Gasteiger partial charge in [-0.05, 0) is 18.2 Å². The van der Waals surface area contributed by atoms with Crippen molar-refractivity contribution in [3.05, 3.63) is 59.7 Å². The number of ether oxygens (including phenoxy) is 1. The lowest BCUT2D eigenvalue weighted by Crippen LogP contribution is -2.00. The fraction of sp³-hybridized carbons (Fsp3) is 0.200. The van der Waals surface area contributed by atoms with Crippen LogP contribution in [0.5, 0.6) is 0 Å². The van der Waals surface area contributed by atoms with E-state index in [2.05, 4.69) is 0 Å². The largest absolute Gasteiger partial charge is 0.467 e. The Hall–Kier alpha value is -2.04. The summed E-state index contributed by atoms with van der Waals surface area (Å²) in [7, 11) is 0. The summed E-state index contributed by atoms with van der Waals surface area (Å²) in [5.41, 5.74) is 7.58. The molecule has 98 valence electrons. The molecule has 0 aliphatic heterocycles. The molecule has 0 amide bonds. The lowest BCUT2D eigenvalue weighted by atomic mass is 10.1. The molecule has 0 saturated carbocycles. The second-order valence-electron chi connectivity index (χ2n) is 4.28. The first-order chi connectivity index (χ1) is 9.38. The molecule has 0 unspecified atom stereocenters. The van der Waals surface area contributed by atoms with E-state index in [0.29, 0.717) is 19.8 Å². The molecule has 2 aromatic heterocycles. The van der Waals surface area contributed by atoms with Crippen LogP contribution in [-0.2, 0) is 24.5 Å². The van der Waals surface area contributed by atoms with Gasteiger partial charge in [-0.1, -0.05) is 18.2 Å². The first-order valence-corrected chi connectivity index (χ1v) is 6.18. The third-order valence-electron chi connectivity index (χ3n) is 3.04.